The number of piperidine rings is 1. The average Bonchev–Trinajstić information content (AvgIpc) is 2.46. The van der Waals surface area contributed by atoms with Gasteiger partial charge in [-0.2, -0.15) is 0 Å². The largest absolute Gasteiger partial charge is 0.368 e. The zero-order valence-corrected chi connectivity index (χ0v) is 11.5. The highest BCUT2D eigenvalue weighted by Gasteiger charge is 2.13. The number of hydrogen-bond acceptors (Lipinski definition) is 5. The van der Waals surface area contributed by atoms with Crippen molar-refractivity contribution in [3.8, 4) is 0 Å². The zero-order valence-electron chi connectivity index (χ0n) is 11.5. The molecule has 1 amide bonds. The SMILES string of the molecule is CN(C)C(=O)c1ccc(NCC2CCCNC2)nn1. The maximum Gasteiger partial charge on any atom is 0.273 e. The summed E-state index contributed by atoms with van der Waals surface area (Å²) in [5, 5.41) is 14.6. The normalized spacial score (nSPS) is 18.9. The smallest absolute Gasteiger partial charge is 0.273 e. The minimum absolute atomic E-state index is 0.129. The van der Waals surface area contributed by atoms with Crippen molar-refractivity contribution in [2.45, 2.75) is 12.8 Å². The van der Waals surface area contributed by atoms with Crippen LogP contribution in [0, 0.1) is 5.92 Å². The van der Waals surface area contributed by atoms with Gasteiger partial charge in [-0.15, -0.1) is 10.2 Å². The summed E-state index contributed by atoms with van der Waals surface area (Å²) in [5.41, 5.74) is 0.370. The Morgan fingerprint density at radius 3 is 2.89 bits per heavy atom. The summed E-state index contributed by atoms with van der Waals surface area (Å²) in [6.07, 6.45) is 2.47. The Hall–Kier alpha value is -1.69. The predicted molar refractivity (Wildman–Crippen MR) is 74.1 cm³/mol. The summed E-state index contributed by atoms with van der Waals surface area (Å²) in [4.78, 5) is 13.1. The maximum atomic E-state index is 11.7. The highest BCUT2D eigenvalue weighted by Crippen LogP contribution is 2.11. The van der Waals surface area contributed by atoms with Gasteiger partial charge in [0.1, 0.15) is 5.82 Å². The van der Waals surface area contributed by atoms with Gasteiger partial charge in [0, 0.05) is 20.6 Å². The second kappa shape index (κ2) is 6.47. The number of nitrogens with zero attached hydrogens (tertiary/aromatic N) is 3. The van der Waals surface area contributed by atoms with Crippen molar-refractivity contribution >= 4 is 11.7 Å². The van der Waals surface area contributed by atoms with Crippen molar-refractivity contribution in [3.63, 3.8) is 0 Å². The number of hydrogen-bond donors (Lipinski definition) is 2. The molecule has 1 fully saturated rings. The molecular weight excluding hydrogens is 242 g/mol. The van der Waals surface area contributed by atoms with Crippen LogP contribution in [0.25, 0.3) is 0 Å². The molecule has 19 heavy (non-hydrogen) atoms. The third-order valence-corrected chi connectivity index (χ3v) is 3.26. The van der Waals surface area contributed by atoms with Gasteiger partial charge in [0.25, 0.3) is 5.91 Å². The number of rotatable bonds is 4. The lowest BCUT2D eigenvalue weighted by Crippen LogP contribution is -2.33. The Kier molecular flexibility index (Phi) is 4.68. The van der Waals surface area contributed by atoms with Crippen LogP contribution in [-0.2, 0) is 0 Å². The number of aromatic nitrogens is 2. The Labute approximate surface area is 113 Å². The van der Waals surface area contributed by atoms with Crippen molar-refractivity contribution in [2.24, 2.45) is 5.92 Å². The number of carbonyl (C=O) groups excluding carboxylic acids is 1. The first-order valence-corrected chi connectivity index (χ1v) is 6.67. The van der Waals surface area contributed by atoms with E-state index in [1.165, 1.54) is 17.7 Å². The van der Waals surface area contributed by atoms with E-state index in [1.54, 1.807) is 26.2 Å². The lowest BCUT2D eigenvalue weighted by atomic mass is 10.00. The number of carbonyl (C=O) groups is 1. The zero-order chi connectivity index (χ0) is 13.7. The summed E-state index contributed by atoms with van der Waals surface area (Å²) in [6, 6.07) is 3.51. The average molecular weight is 263 g/mol. The number of amides is 1. The molecule has 104 valence electrons. The minimum atomic E-state index is -0.129. The molecule has 0 bridgehead atoms. The van der Waals surface area contributed by atoms with Crippen LogP contribution in [-0.4, -0.2) is 54.7 Å². The van der Waals surface area contributed by atoms with E-state index < -0.39 is 0 Å². The fourth-order valence-corrected chi connectivity index (χ4v) is 2.12. The van der Waals surface area contributed by atoms with Gasteiger partial charge in [0.05, 0.1) is 0 Å². The molecule has 0 aromatic carbocycles. The molecule has 1 aromatic heterocycles. The van der Waals surface area contributed by atoms with E-state index in [2.05, 4.69) is 20.8 Å². The van der Waals surface area contributed by atoms with Crippen LogP contribution in [0.2, 0.25) is 0 Å². The number of nitrogens with one attached hydrogen (secondary N) is 2. The first-order valence-electron chi connectivity index (χ1n) is 6.67. The first kappa shape index (κ1) is 13.7. The number of anilines is 1. The summed E-state index contributed by atoms with van der Waals surface area (Å²) in [7, 11) is 3.40. The van der Waals surface area contributed by atoms with Crippen LogP contribution < -0.4 is 10.6 Å². The Morgan fingerprint density at radius 1 is 1.47 bits per heavy atom. The maximum absolute atomic E-state index is 11.7. The summed E-state index contributed by atoms with van der Waals surface area (Å²) in [5.74, 6) is 1.23. The van der Waals surface area contributed by atoms with Gasteiger partial charge in [-0.3, -0.25) is 4.79 Å². The quantitative estimate of drug-likeness (QED) is 0.832. The van der Waals surface area contributed by atoms with Gasteiger partial charge in [-0.1, -0.05) is 0 Å². The standard InChI is InChI=1S/C13H21N5O/c1-18(2)13(19)11-5-6-12(17-16-11)15-9-10-4-3-7-14-8-10/h5-6,10,14H,3-4,7-9H2,1-2H3,(H,15,17). The molecule has 2 N–H and O–H groups in total. The highest BCUT2D eigenvalue weighted by molar-refractivity contribution is 5.91. The predicted octanol–water partition coefficient (Wildman–Crippen LogP) is 0.590. The molecule has 0 radical (unpaired) electrons. The van der Waals surface area contributed by atoms with Gasteiger partial charge in [0.15, 0.2) is 5.69 Å². The first-order chi connectivity index (χ1) is 9.16. The van der Waals surface area contributed by atoms with Crippen LogP contribution in [0.15, 0.2) is 12.1 Å². The second-order valence-electron chi connectivity index (χ2n) is 5.10. The Balaban J connectivity index is 1.86. The molecule has 6 heteroatoms. The summed E-state index contributed by atoms with van der Waals surface area (Å²) < 4.78 is 0. The van der Waals surface area contributed by atoms with Crippen molar-refractivity contribution in [2.75, 3.05) is 39.0 Å². The van der Waals surface area contributed by atoms with Crippen molar-refractivity contribution in [1.82, 2.24) is 20.4 Å². The molecule has 0 aliphatic carbocycles. The fraction of sp³-hybridized carbons (Fsp3) is 0.615. The van der Waals surface area contributed by atoms with Gasteiger partial charge < -0.3 is 15.5 Å². The monoisotopic (exact) mass is 263 g/mol. The highest BCUT2D eigenvalue weighted by atomic mass is 16.2. The van der Waals surface area contributed by atoms with Gasteiger partial charge in [0.2, 0.25) is 0 Å². The van der Waals surface area contributed by atoms with Crippen LogP contribution in [0.1, 0.15) is 23.3 Å². The molecule has 1 aliphatic heterocycles. The molecule has 0 spiro atoms. The molecule has 1 saturated heterocycles. The van der Waals surface area contributed by atoms with Crippen LogP contribution in [0.3, 0.4) is 0 Å². The lowest BCUT2D eigenvalue weighted by Gasteiger charge is -2.22. The van der Waals surface area contributed by atoms with E-state index >= 15 is 0 Å². The van der Waals surface area contributed by atoms with E-state index in [4.69, 9.17) is 0 Å². The minimum Gasteiger partial charge on any atom is -0.368 e. The van der Waals surface area contributed by atoms with E-state index in [0.29, 0.717) is 11.6 Å². The Bertz CT molecular complexity index is 412. The van der Waals surface area contributed by atoms with Crippen molar-refractivity contribution in [1.29, 1.82) is 0 Å². The lowest BCUT2D eigenvalue weighted by molar-refractivity contribution is 0.0821. The molecule has 2 rings (SSSR count). The fourth-order valence-electron chi connectivity index (χ4n) is 2.12. The molecule has 1 aliphatic rings. The van der Waals surface area contributed by atoms with Crippen LogP contribution >= 0.6 is 0 Å². The van der Waals surface area contributed by atoms with Gasteiger partial charge >= 0.3 is 0 Å². The molecule has 1 unspecified atom stereocenters. The van der Waals surface area contributed by atoms with Crippen molar-refractivity contribution in [3.05, 3.63) is 17.8 Å². The summed E-state index contributed by atoms with van der Waals surface area (Å²) in [6.45, 7) is 3.07. The summed E-state index contributed by atoms with van der Waals surface area (Å²) >= 11 is 0. The topological polar surface area (TPSA) is 70.2 Å². The second-order valence-corrected chi connectivity index (χ2v) is 5.10. The van der Waals surface area contributed by atoms with E-state index in [0.717, 1.165) is 25.5 Å². The molecule has 6 nitrogen and oxygen atoms in total. The molecule has 1 atom stereocenters. The van der Waals surface area contributed by atoms with Gasteiger partial charge in [-0.25, -0.2) is 0 Å². The Morgan fingerprint density at radius 2 is 2.32 bits per heavy atom. The third-order valence-electron chi connectivity index (χ3n) is 3.26. The van der Waals surface area contributed by atoms with Crippen LogP contribution in [0.5, 0.6) is 0 Å². The van der Waals surface area contributed by atoms with Crippen LogP contribution in [0.4, 0.5) is 5.82 Å². The molecule has 2 heterocycles. The van der Waals surface area contributed by atoms with Gasteiger partial charge in [-0.05, 0) is 44.0 Å². The van der Waals surface area contributed by atoms with Crippen molar-refractivity contribution < 1.29 is 4.79 Å². The third kappa shape index (κ3) is 3.89. The molecular formula is C13H21N5O. The molecule has 1 aromatic rings. The van der Waals surface area contributed by atoms with E-state index in [-0.39, 0.29) is 5.91 Å². The van der Waals surface area contributed by atoms with E-state index in [9.17, 15) is 4.79 Å². The molecule has 0 saturated carbocycles. The van der Waals surface area contributed by atoms with E-state index in [1.807, 2.05) is 0 Å².